The lowest BCUT2D eigenvalue weighted by atomic mass is 10.0. The Balaban J connectivity index is 1.48. The van der Waals surface area contributed by atoms with Crippen LogP contribution >= 0.6 is 0 Å². The number of rotatable bonds is 4. The van der Waals surface area contributed by atoms with E-state index >= 15 is 0 Å². The molecular formula is C24H26N6O. The Labute approximate surface area is 181 Å². The maximum atomic E-state index is 6.06. The van der Waals surface area contributed by atoms with Gasteiger partial charge in [-0.1, -0.05) is 19.4 Å². The van der Waals surface area contributed by atoms with Crippen LogP contribution in [0.5, 0.6) is 5.75 Å². The molecule has 0 unspecified atom stereocenters. The van der Waals surface area contributed by atoms with Gasteiger partial charge in [-0.15, -0.1) is 0 Å². The molecule has 5 rings (SSSR count). The summed E-state index contributed by atoms with van der Waals surface area (Å²) in [6.07, 6.45) is 3.91. The number of benzene rings is 1. The van der Waals surface area contributed by atoms with Crippen molar-refractivity contribution >= 4 is 17.0 Å². The van der Waals surface area contributed by atoms with Crippen LogP contribution < -0.4 is 9.64 Å². The molecule has 0 bridgehead atoms. The van der Waals surface area contributed by atoms with Crippen LogP contribution in [-0.2, 0) is 13.0 Å². The van der Waals surface area contributed by atoms with Gasteiger partial charge in [0, 0.05) is 35.6 Å². The number of aromatic nitrogens is 5. The Bertz CT molecular complexity index is 1250. The number of H-pyrrole nitrogens is 1. The second-order valence-corrected chi connectivity index (χ2v) is 8.02. The van der Waals surface area contributed by atoms with E-state index in [0.717, 1.165) is 82.7 Å². The number of pyridine rings is 1. The molecule has 0 spiro atoms. The van der Waals surface area contributed by atoms with Crippen molar-refractivity contribution in [3.8, 4) is 16.9 Å². The van der Waals surface area contributed by atoms with Crippen LogP contribution in [0.1, 0.15) is 36.3 Å². The second kappa shape index (κ2) is 7.98. The lowest BCUT2D eigenvalue weighted by Gasteiger charge is -2.22. The maximum Gasteiger partial charge on any atom is 0.177 e. The number of ether oxygens (including phenoxy) is 1. The highest BCUT2D eigenvalue weighted by Crippen LogP contribution is 2.31. The standard InChI is InChI=1S/C24H26N6O/c1-4-5-20-12-23(28-15(2)26-20)30-8-9-31-22-7-6-17(10-19(22)14-30)18-11-21-24(25-13-18)29-16(3)27-21/h6-7,10-13H,4-5,8-9,14H2,1-3H3,(H,25,27,29). The minimum Gasteiger partial charge on any atom is -0.491 e. The molecule has 4 aromatic rings. The zero-order valence-electron chi connectivity index (χ0n) is 18.1. The second-order valence-electron chi connectivity index (χ2n) is 8.02. The molecule has 3 aromatic heterocycles. The van der Waals surface area contributed by atoms with E-state index in [1.807, 2.05) is 20.0 Å². The van der Waals surface area contributed by atoms with Crippen LogP contribution in [0.25, 0.3) is 22.3 Å². The first-order valence-electron chi connectivity index (χ1n) is 10.8. The summed E-state index contributed by atoms with van der Waals surface area (Å²) in [5.74, 6) is 3.58. The Kier molecular flexibility index (Phi) is 5.02. The first-order valence-corrected chi connectivity index (χ1v) is 10.8. The number of nitrogens with zero attached hydrogens (tertiary/aromatic N) is 5. The summed E-state index contributed by atoms with van der Waals surface area (Å²) in [5.41, 5.74) is 6.09. The fourth-order valence-corrected chi connectivity index (χ4v) is 4.11. The normalized spacial score (nSPS) is 13.7. The van der Waals surface area contributed by atoms with Crippen molar-refractivity contribution in [2.75, 3.05) is 18.1 Å². The summed E-state index contributed by atoms with van der Waals surface area (Å²) in [5, 5.41) is 0. The van der Waals surface area contributed by atoms with Gasteiger partial charge in [-0.3, -0.25) is 0 Å². The Morgan fingerprint density at radius 3 is 2.84 bits per heavy atom. The third kappa shape index (κ3) is 3.95. The van der Waals surface area contributed by atoms with Gasteiger partial charge in [-0.2, -0.15) is 0 Å². The molecule has 7 heteroatoms. The molecule has 0 saturated heterocycles. The number of fused-ring (bicyclic) bond motifs is 2. The van der Waals surface area contributed by atoms with Crippen molar-refractivity contribution in [2.24, 2.45) is 0 Å². The Hall–Kier alpha value is -3.48. The van der Waals surface area contributed by atoms with E-state index < -0.39 is 0 Å². The van der Waals surface area contributed by atoms with Gasteiger partial charge < -0.3 is 14.6 Å². The molecule has 0 saturated carbocycles. The maximum absolute atomic E-state index is 6.06. The van der Waals surface area contributed by atoms with Crippen LogP contribution in [0.15, 0.2) is 36.5 Å². The number of nitrogens with one attached hydrogen (secondary N) is 1. The Morgan fingerprint density at radius 2 is 1.97 bits per heavy atom. The van der Waals surface area contributed by atoms with E-state index in [1.165, 1.54) is 0 Å². The number of hydrogen-bond acceptors (Lipinski definition) is 6. The predicted octanol–water partition coefficient (Wildman–Crippen LogP) is 4.38. The minimum atomic E-state index is 0.624. The SMILES string of the molecule is CCCc1cc(N2CCOc3ccc(-c4cnc5nc(C)[nH]c5c4)cc3C2)nc(C)n1. The van der Waals surface area contributed by atoms with E-state index in [1.54, 1.807) is 0 Å². The van der Waals surface area contributed by atoms with Gasteiger partial charge in [0.15, 0.2) is 5.65 Å². The summed E-state index contributed by atoms with van der Waals surface area (Å²) in [4.78, 5) is 23.7. The molecule has 0 aliphatic carbocycles. The molecule has 0 radical (unpaired) electrons. The predicted molar refractivity (Wildman–Crippen MR) is 121 cm³/mol. The fraction of sp³-hybridized carbons (Fsp3) is 0.333. The molecule has 0 atom stereocenters. The van der Waals surface area contributed by atoms with Crippen molar-refractivity contribution in [3.05, 3.63) is 59.4 Å². The third-order valence-electron chi connectivity index (χ3n) is 5.54. The lowest BCUT2D eigenvalue weighted by molar-refractivity contribution is 0.331. The number of imidazole rings is 1. The van der Waals surface area contributed by atoms with Gasteiger partial charge in [0.1, 0.15) is 29.8 Å². The minimum absolute atomic E-state index is 0.624. The molecular weight excluding hydrogens is 388 g/mol. The summed E-state index contributed by atoms with van der Waals surface area (Å²) >= 11 is 0. The van der Waals surface area contributed by atoms with Gasteiger partial charge in [-0.25, -0.2) is 19.9 Å². The van der Waals surface area contributed by atoms with Crippen LogP contribution in [0.3, 0.4) is 0 Å². The van der Waals surface area contributed by atoms with Gasteiger partial charge >= 0.3 is 0 Å². The number of hydrogen-bond donors (Lipinski definition) is 1. The smallest absolute Gasteiger partial charge is 0.177 e. The summed E-state index contributed by atoms with van der Waals surface area (Å²) < 4.78 is 6.06. The van der Waals surface area contributed by atoms with Gasteiger partial charge in [0.2, 0.25) is 0 Å². The van der Waals surface area contributed by atoms with Crippen molar-refractivity contribution in [3.63, 3.8) is 0 Å². The highest BCUT2D eigenvalue weighted by molar-refractivity contribution is 5.78. The van der Waals surface area contributed by atoms with Crippen molar-refractivity contribution in [2.45, 2.75) is 40.2 Å². The average molecular weight is 415 g/mol. The number of aryl methyl sites for hydroxylation is 3. The monoisotopic (exact) mass is 414 g/mol. The fourth-order valence-electron chi connectivity index (χ4n) is 4.11. The zero-order valence-corrected chi connectivity index (χ0v) is 18.1. The van der Waals surface area contributed by atoms with E-state index in [-0.39, 0.29) is 0 Å². The quantitative estimate of drug-likeness (QED) is 0.534. The molecule has 31 heavy (non-hydrogen) atoms. The Morgan fingerprint density at radius 1 is 1.06 bits per heavy atom. The van der Waals surface area contributed by atoms with Crippen LogP contribution in [0.2, 0.25) is 0 Å². The molecule has 7 nitrogen and oxygen atoms in total. The molecule has 1 aromatic carbocycles. The van der Waals surface area contributed by atoms with Crippen molar-refractivity contribution in [1.82, 2.24) is 24.9 Å². The molecule has 0 fully saturated rings. The van der Waals surface area contributed by atoms with Crippen molar-refractivity contribution < 1.29 is 4.74 Å². The van der Waals surface area contributed by atoms with Gasteiger partial charge in [0.25, 0.3) is 0 Å². The highest BCUT2D eigenvalue weighted by atomic mass is 16.5. The lowest BCUT2D eigenvalue weighted by Crippen LogP contribution is -2.26. The van der Waals surface area contributed by atoms with E-state index in [4.69, 9.17) is 9.72 Å². The third-order valence-corrected chi connectivity index (χ3v) is 5.54. The first-order chi connectivity index (χ1) is 15.1. The molecule has 158 valence electrons. The van der Waals surface area contributed by atoms with Crippen LogP contribution in [-0.4, -0.2) is 38.1 Å². The largest absolute Gasteiger partial charge is 0.491 e. The molecule has 1 N–H and O–H groups in total. The number of aromatic amines is 1. The zero-order chi connectivity index (χ0) is 21.4. The molecule has 0 amide bonds. The molecule has 1 aliphatic rings. The topological polar surface area (TPSA) is 79.8 Å². The van der Waals surface area contributed by atoms with E-state index in [2.05, 4.69) is 62.1 Å². The molecule has 1 aliphatic heterocycles. The first kappa shape index (κ1) is 19.5. The van der Waals surface area contributed by atoms with Crippen LogP contribution in [0, 0.1) is 13.8 Å². The van der Waals surface area contributed by atoms with Crippen LogP contribution in [0.4, 0.5) is 5.82 Å². The number of anilines is 1. The average Bonchev–Trinajstić information content (AvgIpc) is 2.99. The summed E-state index contributed by atoms with van der Waals surface area (Å²) in [6, 6.07) is 10.6. The summed E-state index contributed by atoms with van der Waals surface area (Å²) in [6.45, 7) is 8.22. The van der Waals surface area contributed by atoms with E-state index in [0.29, 0.717) is 6.61 Å². The van der Waals surface area contributed by atoms with E-state index in [9.17, 15) is 0 Å². The van der Waals surface area contributed by atoms with Gasteiger partial charge in [0.05, 0.1) is 12.1 Å². The molecule has 4 heterocycles. The highest BCUT2D eigenvalue weighted by Gasteiger charge is 2.19. The van der Waals surface area contributed by atoms with Crippen molar-refractivity contribution in [1.29, 1.82) is 0 Å². The van der Waals surface area contributed by atoms with Gasteiger partial charge in [-0.05, 0) is 44.0 Å². The summed E-state index contributed by atoms with van der Waals surface area (Å²) in [7, 11) is 0.